The molecule has 3 aromatic rings. The van der Waals surface area contributed by atoms with Gasteiger partial charge in [0.1, 0.15) is 10.6 Å². The summed E-state index contributed by atoms with van der Waals surface area (Å²) in [6, 6.07) is 8.51. The van der Waals surface area contributed by atoms with Gasteiger partial charge >= 0.3 is 0 Å². The van der Waals surface area contributed by atoms with Gasteiger partial charge in [0.05, 0.1) is 5.02 Å². The van der Waals surface area contributed by atoms with Crippen LogP contribution in [-0.4, -0.2) is 16.8 Å². The smallest absolute Gasteiger partial charge is 0.286 e. The van der Waals surface area contributed by atoms with Gasteiger partial charge in [-0.3, -0.25) is 20.4 Å². The Kier molecular flexibility index (Phi) is 4.06. The molecule has 0 fully saturated rings. The second-order valence-corrected chi connectivity index (χ2v) is 6.18. The third-order valence-corrected chi connectivity index (χ3v) is 4.52. The second-order valence-electron chi connectivity index (χ2n) is 4.42. The molecule has 112 valence electrons. The monoisotopic (exact) mass is 353 g/mol. The molecule has 1 aromatic carbocycles. The number of aromatic nitrogens is 1. The Hall–Kier alpha value is -2.02. The summed E-state index contributed by atoms with van der Waals surface area (Å²) in [5.41, 5.74) is 5.75. The maximum atomic E-state index is 12.0. The van der Waals surface area contributed by atoms with Crippen LogP contribution in [0, 0.1) is 0 Å². The lowest BCUT2D eigenvalue weighted by Gasteiger charge is -2.05. The van der Waals surface area contributed by atoms with Gasteiger partial charge in [-0.1, -0.05) is 23.2 Å². The van der Waals surface area contributed by atoms with Crippen LogP contribution in [0.5, 0.6) is 0 Å². The van der Waals surface area contributed by atoms with Gasteiger partial charge in [-0.25, -0.2) is 0 Å². The summed E-state index contributed by atoms with van der Waals surface area (Å²) >= 11 is 12.9. The first-order valence-corrected chi connectivity index (χ1v) is 7.80. The van der Waals surface area contributed by atoms with E-state index in [0.29, 0.717) is 20.6 Å². The first-order chi connectivity index (χ1) is 10.5. The molecule has 0 atom stereocenters. The summed E-state index contributed by atoms with van der Waals surface area (Å²) in [7, 11) is 0. The summed E-state index contributed by atoms with van der Waals surface area (Å²) in [6.07, 6.45) is 0. The van der Waals surface area contributed by atoms with Crippen LogP contribution >= 0.6 is 34.5 Å². The largest absolute Gasteiger partial charge is 0.350 e. The molecule has 2 heterocycles. The summed E-state index contributed by atoms with van der Waals surface area (Å²) in [5.74, 6) is -0.930. The van der Waals surface area contributed by atoms with Crippen LogP contribution in [0.3, 0.4) is 0 Å². The molecule has 0 aliphatic rings. The quantitative estimate of drug-likeness (QED) is 0.615. The maximum absolute atomic E-state index is 12.0. The normalized spacial score (nSPS) is 10.6. The molecule has 2 aromatic heterocycles. The molecule has 22 heavy (non-hydrogen) atoms. The number of H-pyrrole nitrogens is 1. The number of nitrogens with one attached hydrogen (secondary N) is 3. The molecule has 8 heteroatoms. The fourth-order valence-corrected chi connectivity index (χ4v) is 3.14. The average Bonchev–Trinajstić information content (AvgIpc) is 3.09. The minimum absolute atomic E-state index is 0.315. The predicted molar refractivity (Wildman–Crippen MR) is 87.6 cm³/mol. The molecule has 5 nitrogen and oxygen atoms in total. The highest BCUT2D eigenvalue weighted by atomic mass is 35.5. The molecule has 0 unspecified atom stereocenters. The number of thiophene rings is 1. The van der Waals surface area contributed by atoms with Crippen molar-refractivity contribution in [1.29, 1.82) is 0 Å². The van der Waals surface area contributed by atoms with Crippen LogP contribution in [-0.2, 0) is 0 Å². The van der Waals surface area contributed by atoms with Gasteiger partial charge in [0.25, 0.3) is 11.8 Å². The fourth-order valence-electron chi connectivity index (χ4n) is 1.92. The lowest BCUT2D eigenvalue weighted by atomic mass is 10.2. The molecular weight excluding hydrogens is 345 g/mol. The number of carbonyl (C=O) groups is 2. The Balaban J connectivity index is 1.71. The van der Waals surface area contributed by atoms with Crippen molar-refractivity contribution in [3.8, 4) is 0 Å². The van der Waals surface area contributed by atoms with Crippen molar-refractivity contribution >= 4 is 57.3 Å². The van der Waals surface area contributed by atoms with E-state index in [1.54, 1.807) is 35.7 Å². The summed E-state index contributed by atoms with van der Waals surface area (Å²) in [6.45, 7) is 0. The zero-order valence-corrected chi connectivity index (χ0v) is 13.3. The number of hydrogen-bond acceptors (Lipinski definition) is 3. The van der Waals surface area contributed by atoms with Gasteiger partial charge in [-0.15, -0.1) is 11.3 Å². The molecule has 0 radical (unpaired) electrons. The third-order valence-electron chi connectivity index (χ3n) is 2.94. The van der Waals surface area contributed by atoms with Crippen molar-refractivity contribution in [2.75, 3.05) is 0 Å². The standard InChI is InChI=1S/C14H9Cl2N3O2S/c15-8-1-2-10-7(5-8)6-11(17-10)13(20)18-19-14(21)12-9(16)3-4-22-12/h1-6,17H,(H,18,20)(H,19,21). The van der Waals surface area contributed by atoms with E-state index in [2.05, 4.69) is 15.8 Å². The number of hydrazine groups is 1. The lowest BCUT2D eigenvalue weighted by molar-refractivity contribution is 0.0846. The molecule has 3 rings (SSSR count). The van der Waals surface area contributed by atoms with Crippen LogP contribution in [0.15, 0.2) is 35.7 Å². The van der Waals surface area contributed by atoms with Crippen LogP contribution in [0.25, 0.3) is 10.9 Å². The second kappa shape index (κ2) is 6.00. The van der Waals surface area contributed by atoms with Gasteiger partial charge in [0.2, 0.25) is 0 Å². The molecule has 0 aliphatic heterocycles. The van der Waals surface area contributed by atoms with E-state index in [4.69, 9.17) is 23.2 Å². The Morgan fingerprint density at radius 3 is 2.55 bits per heavy atom. The minimum atomic E-state index is -0.465. The zero-order chi connectivity index (χ0) is 15.7. The van der Waals surface area contributed by atoms with E-state index in [-0.39, 0.29) is 0 Å². The van der Waals surface area contributed by atoms with Crippen molar-refractivity contribution in [2.45, 2.75) is 0 Å². The molecule has 0 saturated heterocycles. The van der Waals surface area contributed by atoms with E-state index in [1.807, 2.05) is 0 Å². The van der Waals surface area contributed by atoms with Crippen LogP contribution in [0.4, 0.5) is 0 Å². The zero-order valence-electron chi connectivity index (χ0n) is 10.9. The number of aromatic amines is 1. The van der Waals surface area contributed by atoms with Crippen molar-refractivity contribution < 1.29 is 9.59 Å². The molecule has 0 bridgehead atoms. The summed E-state index contributed by atoms with van der Waals surface area (Å²) in [5, 5.41) is 3.43. The first-order valence-electron chi connectivity index (χ1n) is 6.16. The van der Waals surface area contributed by atoms with Crippen molar-refractivity contribution in [1.82, 2.24) is 15.8 Å². The van der Waals surface area contributed by atoms with Crippen LogP contribution in [0.1, 0.15) is 20.2 Å². The van der Waals surface area contributed by atoms with Gasteiger partial charge < -0.3 is 4.98 Å². The molecule has 2 amide bonds. The number of halogens is 2. The minimum Gasteiger partial charge on any atom is -0.350 e. The molecule has 0 aliphatic carbocycles. The lowest BCUT2D eigenvalue weighted by Crippen LogP contribution is -2.41. The Morgan fingerprint density at radius 1 is 1.05 bits per heavy atom. The molecule has 0 saturated carbocycles. The SMILES string of the molecule is O=C(NNC(=O)c1sccc1Cl)c1cc2cc(Cl)ccc2[nH]1. The van der Waals surface area contributed by atoms with E-state index in [9.17, 15) is 9.59 Å². The highest BCUT2D eigenvalue weighted by Crippen LogP contribution is 2.22. The topological polar surface area (TPSA) is 74.0 Å². The molecular formula is C14H9Cl2N3O2S. The van der Waals surface area contributed by atoms with E-state index in [1.165, 1.54) is 11.3 Å². The van der Waals surface area contributed by atoms with Crippen molar-refractivity contribution in [3.05, 3.63) is 56.3 Å². The number of benzene rings is 1. The van der Waals surface area contributed by atoms with Gasteiger partial charge in [0.15, 0.2) is 0 Å². The molecule has 0 spiro atoms. The van der Waals surface area contributed by atoms with E-state index in [0.717, 1.165) is 10.9 Å². The maximum Gasteiger partial charge on any atom is 0.286 e. The van der Waals surface area contributed by atoms with E-state index < -0.39 is 11.8 Å². The average molecular weight is 354 g/mol. The Morgan fingerprint density at radius 2 is 1.82 bits per heavy atom. The predicted octanol–water partition coefficient (Wildman–Crippen LogP) is 3.61. The van der Waals surface area contributed by atoms with Crippen molar-refractivity contribution in [3.63, 3.8) is 0 Å². The van der Waals surface area contributed by atoms with Crippen molar-refractivity contribution in [2.24, 2.45) is 0 Å². The Labute approximate surface area is 139 Å². The fraction of sp³-hybridized carbons (Fsp3) is 0. The van der Waals surface area contributed by atoms with Gasteiger partial charge in [-0.05, 0) is 35.7 Å². The van der Waals surface area contributed by atoms with Crippen LogP contribution < -0.4 is 10.9 Å². The number of rotatable bonds is 2. The number of hydrogen-bond donors (Lipinski definition) is 3. The van der Waals surface area contributed by atoms with Crippen LogP contribution in [0.2, 0.25) is 10.0 Å². The van der Waals surface area contributed by atoms with Gasteiger partial charge in [0, 0.05) is 15.9 Å². The molecule has 3 N–H and O–H groups in total. The highest BCUT2D eigenvalue weighted by Gasteiger charge is 2.14. The van der Waals surface area contributed by atoms with E-state index >= 15 is 0 Å². The first kappa shape index (κ1) is 14.9. The number of carbonyl (C=O) groups excluding carboxylic acids is 2. The highest BCUT2D eigenvalue weighted by molar-refractivity contribution is 7.12. The number of fused-ring (bicyclic) bond motifs is 1. The number of amides is 2. The summed E-state index contributed by atoms with van der Waals surface area (Å²) < 4.78 is 0. The third kappa shape index (κ3) is 2.94. The summed E-state index contributed by atoms with van der Waals surface area (Å²) in [4.78, 5) is 27.2. The Bertz CT molecular complexity index is 872. The van der Waals surface area contributed by atoms with Gasteiger partial charge in [-0.2, -0.15) is 0 Å².